The predicted molar refractivity (Wildman–Crippen MR) is 118 cm³/mol. The molecule has 9 heteroatoms. The summed E-state index contributed by atoms with van der Waals surface area (Å²) in [5.74, 6) is -0.359. The predicted octanol–water partition coefficient (Wildman–Crippen LogP) is 3.40. The Balaban J connectivity index is 1.54. The van der Waals surface area contributed by atoms with Gasteiger partial charge in [0.15, 0.2) is 5.65 Å². The van der Waals surface area contributed by atoms with E-state index in [1.54, 1.807) is 30.3 Å². The van der Waals surface area contributed by atoms with Gasteiger partial charge in [-0.3, -0.25) is 19.5 Å². The maximum atomic E-state index is 12.8. The van der Waals surface area contributed by atoms with E-state index in [4.69, 9.17) is 11.6 Å². The van der Waals surface area contributed by atoms with Gasteiger partial charge in [-0.15, -0.1) is 0 Å². The Bertz CT molecular complexity index is 1300. The Morgan fingerprint density at radius 3 is 2.52 bits per heavy atom. The van der Waals surface area contributed by atoms with E-state index in [1.807, 2.05) is 30.3 Å². The minimum atomic E-state index is -0.584. The van der Waals surface area contributed by atoms with Crippen molar-refractivity contribution in [2.75, 3.05) is 5.32 Å². The molecule has 4 rings (SSSR count). The van der Waals surface area contributed by atoms with Crippen molar-refractivity contribution in [3.8, 4) is 0 Å². The van der Waals surface area contributed by atoms with Crippen molar-refractivity contribution in [1.82, 2.24) is 20.5 Å². The van der Waals surface area contributed by atoms with Crippen LogP contribution in [0.1, 0.15) is 28.4 Å². The van der Waals surface area contributed by atoms with E-state index in [9.17, 15) is 14.4 Å². The number of amides is 2. The van der Waals surface area contributed by atoms with Gasteiger partial charge in [-0.25, -0.2) is 0 Å². The Kier molecular flexibility index (Phi) is 5.81. The Hall–Kier alpha value is -3.91. The Morgan fingerprint density at radius 2 is 1.74 bits per heavy atom. The lowest BCUT2D eigenvalue weighted by Gasteiger charge is -2.19. The molecule has 0 saturated heterocycles. The molecule has 2 aromatic carbocycles. The number of carbonyl (C=O) groups excluding carboxylic acids is 2. The van der Waals surface area contributed by atoms with E-state index in [2.05, 4.69) is 25.8 Å². The average Bonchev–Trinajstić information content (AvgIpc) is 3.15. The van der Waals surface area contributed by atoms with Gasteiger partial charge >= 0.3 is 0 Å². The first-order valence-electron chi connectivity index (χ1n) is 9.49. The summed E-state index contributed by atoms with van der Waals surface area (Å²) in [6, 6.07) is 18.2. The first-order valence-corrected chi connectivity index (χ1v) is 9.86. The van der Waals surface area contributed by atoms with Crippen LogP contribution in [0.4, 0.5) is 5.82 Å². The molecule has 0 aliphatic rings. The first kappa shape index (κ1) is 20.4. The highest BCUT2D eigenvalue weighted by Crippen LogP contribution is 2.22. The highest BCUT2D eigenvalue weighted by atomic mass is 35.5. The number of rotatable bonds is 6. The van der Waals surface area contributed by atoms with Crippen molar-refractivity contribution < 1.29 is 9.59 Å². The van der Waals surface area contributed by atoms with Gasteiger partial charge in [0.2, 0.25) is 11.5 Å². The number of carbonyl (C=O) groups is 2. The number of halogens is 1. The maximum Gasteiger partial charge on any atom is 0.253 e. The maximum absolute atomic E-state index is 12.8. The van der Waals surface area contributed by atoms with E-state index in [0.29, 0.717) is 27.4 Å². The zero-order valence-electron chi connectivity index (χ0n) is 16.2. The van der Waals surface area contributed by atoms with Crippen LogP contribution in [0.2, 0.25) is 5.02 Å². The Labute approximate surface area is 181 Å². The zero-order chi connectivity index (χ0) is 21.8. The van der Waals surface area contributed by atoms with Gasteiger partial charge in [0.05, 0.1) is 28.4 Å². The molecule has 31 heavy (non-hydrogen) atoms. The number of nitrogens with zero attached hydrogens (tertiary/aromatic N) is 1. The molecule has 8 nitrogen and oxygen atoms in total. The van der Waals surface area contributed by atoms with Gasteiger partial charge in [0.1, 0.15) is 5.82 Å². The van der Waals surface area contributed by atoms with E-state index in [1.165, 1.54) is 6.07 Å². The van der Waals surface area contributed by atoms with Gasteiger partial charge in [0.25, 0.3) is 5.91 Å². The molecule has 2 aromatic heterocycles. The Morgan fingerprint density at radius 1 is 1.00 bits per heavy atom. The highest BCUT2D eigenvalue weighted by molar-refractivity contribution is 6.33. The minimum Gasteiger partial charge on any atom is -0.345 e. The van der Waals surface area contributed by atoms with Crippen molar-refractivity contribution in [1.29, 1.82) is 0 Å². The topological polar surface area (TPSA) is 120 Å². The van der Waals surface area contributed by atoms with Gasteiger partial charge in [-0.2, -0.15) is 5.10 Å². The molecule has 0 fully saturated rings. The van der Waals surface area contributed by atoms with Crippen LogP contribution in [-0.4, -0.2) is 27.0 Å². The van der Waals surface area contributed by atoms with Crippen LogP contribution in [0, 0.1) is 0 Å². The molecule has 0 saturated carbocycles. The molecule has 4 aromatic rings. The standard InChI is InChI=1S/C22H18ClN5O3/c23-16-9-5-4-8-14(16)22(31)24-17(13-6-2-1-3-7-13)12-19(30)26-21-15-10-11-18(29)25-20(15)27-28-21/h1-11,17H,12H2,(H,24,31)(H3,25,26,27,28,29,30). The molecule has 0 spiro atoms. The molecule has 0 aliphatic heterocycles. The number of anilines is 1. The molecular weight excluding hydrogens is 418 g/mol. The smallest absolute Gasteiger partial charge is 0.253 e. The van der Waals surface area contributed by atoms with Crippen LogP contribution < -0.4 is 16.2 Å². The number of aromatic amines is 2. The number of benzene rings is 2. The fourth-order valence-corrected chi connectivity index (χ4v) is 3.44. The number of H-pyrrole nitrogens is 2. The normalized spacial score (nSPS) is 11.8. The van der Waals surface area contributed by atoms with Crippen LogP contribution >= 0.6 is 11.6 Å². The highest BCUT2D eigenvalue weighted by Gasteiger charge is 2.21. The van der Waals surface area contributed by atoms with Crippen LogP contribution in [0.25, 0.3) is 11.0 Å². The van der Waals surface area contributed by atoms with Gasteiger partial charge in [-0.05, 0) is 23.8 Å². The summed E-state index contributed by atoms with van der Waals surface area (Å²) in [7, 11) is 0. The lowest BCUT2D eigenvalue weighted by molar-refractivity contribution is -0.116. The summed E-state index contributed by atoms with van der Waals surface area (Å²) in [6.07, 6.45) is -0.0237. The van der Waals surface area contributed by atoms with E-state index < -0.39 is 6.04 Å². The van der Waals surface area contributed by atoms with Crippen LogP contribution in [0.15, 0.2) is 71.5 Å². The summed E-state index contributed by atoms with van der Waals surface area (Å²) in [6.45, 7) is 0. The van der Waals surface area contributed by atoms with Crippen LogP contribution in [-0.2, 0) is 4.79 Å². The number of hydrogen-bond donors (Lipinski definition) is 4. The quantitative estimate of drug-likeness (QED) is 0.371. The van der Waals surface area contributed by atoms with E-state index >= 15 is 0 Å². The SMILES string of the molecule is O=C(CC(NC(=O)c1ccccc1Cl)c1ccccc1)Nc1[nH]nc2[nH]c(=O)ccc12. The molecule has 0 radical (unpaired) electrons. The largest absolute Gasteiger partial charge is 0.345 e. The minimum absolute atomic E-state index is 0.0237. The molecule has 156 valence electrons. The molecule has 1 atom stereocenters. The summed E-state index contributed by atoms with van der Waals surface area (Å²) < 4.78 is 0. The van der Waals surface area contributed by atoms with Crippen LogP contribution in [0.5, 0.6) is 0 Å². The van der Waals surface area contributed by atoms with Gasteiger partial charge < -0.3 is 15.6 Å². The average molecular weight is 436 g/mol. The number of nitrogens with one attached hydrogen (secondary N) is 4. The molecule has 2 heterocycles. The number of hydrogen-bond acceptors (Lipinski definition) is 4. The van der Waals surface area contributed by atoms with Gasteiger partial charge in [0, 0.05) is 6.07 Å². The fraction of sp³-hybridized carbons (Fsp3) is 0.0909. The zero-order valence-corrected chi connectivity index (χ0v) is 16.9. The molecule has 0 aliphatic carbocycles. The summed E-state index contributed by atoms with van der Waals surface area (Å²) >= 11 is 6.14. The first-order chi connectivity index (χ1) is 15.0. The van der Waals surface area contributed by atoms with Crippen molar-refractivity contribution >= 4 is 40.3 Å². The molecular formula is C22H18ClN5O3. The second-order valence-corrected chi connectivity index (χ2v) is 7.26. The number of pyridine rings is 1. The number of fused-ring (bicyclic) bond motifs is 1. The van der Waals surface area contributed by atoms with Crippen LogP contribution in [0.3, 0.4) is 0 Å². The lowest BCUT2D eigenvalue weighted by atomic mass is 10.0. The van der Waals surface area contributed by atoms with Crippen molar-refractivity contribution in [3.05, 3.63) is 93.2 Å². The number of aromatic nitrogens is 3. The van der Waals surface area contributed by atoms with Gasteiger partial charge in [-0.1, -0.05) is 54.1 Å². The second kappa shape index (κ2) is 8.85. The second-order valence-electron chi connectivity index (χ2n) is 6.85. The molecule has 2 amide bonds. The summed E-state index contributed by atoms with van der Waals surface area (Å²) in [4.78, 5) is 39.6. The third kappa shape index (κ3) is 4.65. The third-order valence-corrected chi connectivity index (χ3v) is 5.06. The fourth-order valence-electron chi connectivity index (χ4n) is 3.22. The van der Waals surface area contributed by atoms with Crippen molar-refractivity contribution in [2.45, 2.75) is 12.5 Å². The molecule has 0 bridgehead atoms. The summed E-state index contributed by atoms with van der Waals surface area (Å²) in [5, 5.41) is 13.2. The van der Waals surface area contributed by atoms with Crippen molar-refractivity contribution in [3.63, 3.8) is 0 Å². The monoisotopic (exact) mass is 435 g/mol. The third-order valence-electron chi connectivity index (χ3n) is 4.73. The molecule has 1 unspecified atom stereocenters. The van der Waals surface area contributed by atoms with Crippen molar-refractivity contribution in [2.24, 2.45) is 0 Å². The van der Waals surface area contributed by atoms with E-state index in [0.717, 1.165) is 5.56 Å². The molecule has 4 N–H and O–H groups in total. The lowest BCUT2D eigenvalue weighted by Crippen LogP contribution is -2.31. The van der Waals surface area contributed by atoms with E-state index in [-0.39, 0.29) is 23.8 Å². The summed E-state index contributed by atoms with van der Waals surface area (Å²) in [5.41, 5.74) is 1.16.